The van der Waals surface area contributed by atoms with Crippen molar-refractivity contribution in [1.29, 1.82) is 0 Å². The molecule has 0 fully saturated rings. The molecule has 6 heteroatoms. The Balaban J connectivity index is 2.68. The molecule has 0 bridgehead atoms. The highest BCUT2D eigenvalue weighted by atomic mass is 16.4. The standard InChI is InChI=1S/C16H24N2O4/c1-2-6-12(17)14(16(21)22)18-13(15(19)20)10-9-11-7-4-3-5-8-11/h3-5,7-8,12-14,18H,2,6,9-10,17H2,1H3,(H,19,20)(H,21,22). The SMILES string of the molecule is CCCC(N)C(NC(CCc1ccccc1)C(=O)O)C(=O)O. The van der Waals surface area contributed by atoms with Gasteiger partial charge in [-0.25, -0.2) is 0 Å². The summed E-state index contributed by atoms with van der Waals surface area (Å²) in [6, 6.07) is 6.88. The molecule has 0 aliphatic carbocycles. The normalized spacial score (nSPS) is 15.0. The molecule has 5 N–H and O–H groups in total. The maximum absolute atomic E-state index is 11.4. The molecular weight excluding hydrogens is 284 g/mol. The molecule has 6 nitrogen and oxygen atoms in total. The molecular formula is C16H24N2O4. The number of carboxylic acid groups (broad SMARTS) is 2. The van der Waals surface area contributed by atoms with Crippen molar-refractivity contribution >= 4 is 11.9 Å². The van der Waals surface area contributed by atoms with Crippen LogP contribution in [0.15, 0.2) is 30.3 Å². The molecule has 1 rings (SSSR count). The second-order valence-corrected chi connectivity index (χ2v) is 5.35. The highest BCUT2D eigenvalue weighted by Gasteiger charge is 2.29. The fourth-order valence-corrected chi connectivity index (χ4v) is 2.33. The van der Waals surface area contributed by atoms with Crippen LogP contribution in [0.4, 0.5) is 0 Å². The summed E-state index contributed by atoms with van der Waals surface area (Å²) < 4.78 is 0. The molecule has 1 aromatic carbocycles. The van der Waals surface area contributed by atoms with Crippen molar-refractivity contribution < 1.29 is 19.8 Å². The predicted molar refractivity (Wildman–Crippen MR) is 83.6 cm³/mol. The van der Waals surface area contributed by atoms with Crippen molar-refractivity contribution in [1.82, 2.24) is 5.32 Å². The Morgan fingerprint density at radius 3 is 2.27 bits per heavy atom. The Labute approximate surface area is 130 Å². The Hall–Kier alpha value is -1.92. The molecule has 122 valence electrons. The van der Waals surface area contributed by atoms with Gasteiger partial charge in [0.25, 0.3) is 0 Å². The highest BCUT2D eigenvalue weighted by molar-refractivity contribution is 5.78. The van der Waals surface area contributed by atoms with Gasteiger partial charge in [0.15, 0.2) is 0 Å². The molecule has 0 aliphatic rings. The summed E-state index contributed by atoms with van der Waals surface area (Å²) in [7, 11) is 0. The number of rotatable bonds is 10. The van der Waals surface area contributed by atoms with Crippen molar-refractivity contribution in [3.63, 3.8) is 0 Å². The molecule has 1 aromatic rings. The van der Waals surface area contributed by atoms with E-state index in [1.165, 1.54) is 0 Å². The van der Waals surface area contributed by atoms with Crippen LogP contribution >= 0.6 is 0 Å². The van der Waals surface area contributed by atoms with E-state index in [1.54, 1.807) is 0 Å². The molecule has 0 saturated heterocycles. The maximum atomic E-state index is 11.4. The van der Waals surface area contributed by atoms with Gasteiger partial charge in [-0.2, -0.15) is 0 Å². The molecule has 0 amide bonds. The lowest BCUT2D eigenvalue weighted by atomic mass is 10.0. The van der Waals surface area contributed by atoms with Crippen LogP contribution in [0.1, 0.15) is 31.7 Å². The lowest BCUT2D eigenvalue weighted by Gasteiger charge is -2.25. The van der Waals surface area contributed by atoms with Crippen LogP contribution in [0.2, 0.25) is 0 Å². The van der Waals surface area contributed by atoms with E-state index in [0.29, 0.717) is 19.3 Å². The molecule has 0 spiro atoms. The number of carboxylic acids is 2. The first-order valence-corrected chi connectivity index (χ1v) is 7.46. The zero-order valence-corrected chi connectivity index (χ0v) is 12.7. The van der Waals surface area contributed by atoms with Crippen LogP contribution in [0, 0.1) is 0 Å². The zero-order chi connectivity index (χ0) is 16.5. The van der Waals surface area contributed by atoms with Crippen LogP contribution in [0.25, 0.3) is 0 Å². The minimum Gasteiger partial charge on any atom is -0.480 e. The fourth-order valence-electron chi connectivity index (χ4n) is 2.33. The van der Waals surface area contributed by atoms with E-state index in [4.69, 9.17) is 5.73 Å². The molecule has 0 saturated carbocycles. The predicted octanol–water partition coefficient (Wildman–Crippen LogP) is 1.24. The lowest BCUT2D eigenvalue weighted by molar-refractivity contribution is -0.143. The van der Waals surface area contributed by atoms with Crippen LogP contribution in [-0.4, -0.2) is 40.3 Å². The number of hydrogen-bond donors (Lipinski definition) is 4. The topological polar surface area (TPSA) is 113 Å². The van der Waals surface area contributed by atoms with Crippen LogP contribution in [0.5, 0.6) is 0 Å². The second kappa shape index (κ2) is 9.17. The largest absolute Gasteiger partial charge is 0.480 e. The first-order chi connectivity index (χ1) is 10.5. The summed E-state index contributed by atoms with van der Waals surface area (Å²) in [5.41, 5.74) is 6.86. The highest BCUT2D eigenvalue weighted by Crippen LogP contribution is 2.08. The maximum Gasteiger partial charge on any atom is 0.322 e. The third-order valence-electron chi connectivity index (χ3n) is 3.56. The number of nitrogens with one attached hydrogen (secondary N) is 1. The van der Waals surface area contributed by atoms with Gasteiger partial charge in [0.2, 0.25) is 0 Å². The van der Waals surface area contributed by atoms with Gasteiger partial charge in [0.1, 0.15) is 12.1 Å². The average Bonchev–Trinajstić information content (AvgIpc) is 2.47. The Morgan fingerprint density at radius 2 is 1.77 bits per heavy atom. The molecule has 22 heavy (non-hydrogen) atoms. The molecule has 3 atom stereocenters. The Bertz CT molecular complexity index is 478. The van der Waals surface area contributed by atoms with E-state index in [-0.39, 0.29) is 0 Å². The van der Waals surface area contributed by atoms with Crippen molar-refractivity contribution in [2.45, 2.75) is 50.7 Å². The van der Waals surface area contributed by atoms with Gasteiger partial charge >= 0.3 is 11.9 Å². The number of aliphatic carboxylic acids is 2. The smallest absolute Gasteiger partial charge is 0.322 e. The number of hydrogen-bond acceptors (Lipinski definition) is 4. The van der Waals surface area contributed by atoms with E-state index < -0.39 is 30.1 Å². The average molecular weight is 308 g/mol. The van der Waals surface area contributed by atoms with Gasteiger partial charge < -0.3 is 15.9 Å². The first kappa shape index (κ1) is 18.1. The number of carbonyl (C=O) groups is 2. The van der Waals surface area contributed by atoms with Crippen LogP contribution in [0.3, 0.4) is 0 Å². The van der Waals surface area contributed by atoms with Gasteiger partial charge in [0.05, 0.1) is 0 Å². The van der Waals surface area contributed by atoms with E-state index in [0.717, 1.165) is 12.0 Å². The minimum atomic E-state index is -1.12. The van der Waals surface area contributed by atoms with Crippen molar-refractivity contribution in [2.75, 3.05) is 0 Å². The lowest BCUT2D eigenvalue weighted by Crippen LogP contribution is -2.55. The van der Waals surface area contributed by atoms with Gasteiger partial charge in [-0.15, -0.1) is 0 Å². The van der Waals surface area contributed by atoms with Gasteiger partial charge in [-0.3, -0.25) is 14.9 Å². The minimum absolute atomic E-state index is 0.308. The summed E-state index contributed by atoms with van der Waals surface area (Å²) in [6.45, 7) is 1.91. The molecule has 0 radical (unpaired) electrons. The van der Waals surface area contributed by atoms with Gasteiger partial charge in [-0.1, -0.05) is 43.7 Å². The fraction of sp³-hybridized carbons (Fsp3) is 0.500. The van der Waals surface area contributed by atoms with Crippen molar-refractivity contribution in [3.8, 4) is 0 Å². The monoisotopic (exact) mass is 308 g/mol. The number of aryl methyl sites for hydroxylation is 1. The van der Waals surface area contributed by atoms with Gasteiger partial charge in [-0.05, 0) is 24.8 Å². The van der Waals surface area contributed by atoms with Crippen molar-refractivity contribution in [3.05, 3.63) is 35.9 Å². The van der Waals surface area contributed by atoms with E-state index >= 15 is 0 Å². The van der Waals surface area contributed by atoms with E-state index in [9.17, 15) is 19.8 Å². The van der Waals surface area contributed by atoms with E-state index in [2.05, 4.69) is 5.32 Å². The van der Waals surface area contributed by atoms with Gasteiger partial charge in [0, 0.05) is 6.04 Å². The van der Waals surface area contributed by atoms with Crippen molar-refractivity contribution in [2.24, 2.45) is 5.73 Å². The van der Waals surface area contributed by atoms with E-state index in [1.807, 2.05) is 37.3 Å². The third-order valence-corrected chi connectivity index (χ3v) is 3.56. The zero-order valence-electron chi connectivity index (χ0n) is 12.7. The summed E-state index contributed by atoms with van der Waals surface area (Å²) in [4.78, 5) is 22.7. The van der Waals surface area contributed by atoms with Crippen LogP contribution in [-0.2, 0) is 16.0 Å². The quantitative estimate of drug-likeness (QED) is 0.517. The second-order valence-electron chi connectivity index (χ2n) is 5.35. The number of nitrogens with two attached hydrogens (primary N) is 1. The Kier molecular flexibility index (Phi) is 7.56. The molecule has 3 unspecified atom stereocenters. The summed E-state index contributed by atoms with van der Waals surface area (Å²) in [5, 5.41) is 21.2. The van der Waals surface area contributed by atoms with Crippen LogP contribution < -0.4 is 11.1 Å². The summed E-state index contributed by atoms with van der Waals surface area (Å²) >= 11 is 0. The number of benzene rings is 1. The molecule has 0 aliphatic heterocycles. The molecule has 0 heterocycles. The first-order valence-electron chi connectivity index (χ1n) is 7.46. The summed E-state index contributed by atoms with van der Waals surface area (Å²) in [5.74, 6) is -2.18. The Morgan fingerprint density at radius 1 is 1.14 bits per heavy atom. The molecule has 0 aromatic heterocycles. The third kappa shape index (κ3) is 5.83. The summed E-state index contributed by atoms with van der Waals surface area (Å²) in [6.07, 6.45) is 2.13.